The third-order valence-corrected chi connectivity index (χ3v) is 8.46. The Kier molecular flexibility index (Phi) is 15.5. The lowest BCUT2D eigenvalue weighted by atomic mass is 9.97. The van der Waals surface area contributed by atoms with Gasteiger partial charge in [0.05, 0.1) is 12.1 Å². The van der Waals surface area contributed by atoms with E-state index in [2.05, 4.69) is 103 Å². The fourth-order valence-corrected chi connectivity index (χ4v) is 5.99. The Morgan fingerprint density at radius 3 is 1.73 bits per heavy atom. The molecular formula is C39H52N6. The predicted octanol–water partition coefficient (Wildman–Crippen LogP) is 6.31. The second-order valence-electron chi connectivity index (χ2n) is 12.2. The van der Waals surface area contributed by atoms with Gasteiger partial charge in [-0.05, 0) is 99.5 Å². The third kappa shape index (κ3) is 12.3. The van der Waals surface area contributed by atoms with Crippen LogP contribution in [0.1, 0.15) is 62.9 Å². The predicted molar refractivity (Wildman–Crippen MR) is 187 cm³/mol. The van der Waals surface area contributed by atoms with Gasteiger partial charge in [0.25, 0.3) is 0 Å². The van der Waals surface area contributed by atoms with Crippen molar-refractivity contribution < 1.29 is 0 Å². The van der Waals surface area contributed by atoms with E-state index in [9.17, 15) is 0 Å². The van der Waals surface area contributed by atoms with Crippen molar-refractivity contribution >= 4 is 0 Å². The monoisotopic (exact) mass is 604 g/mol. The van der Waals surface area contributed by atoms with Crippen LogP contribution < -0.4 is 11.1 Å². The Bertz CT molecular complexity index is 1450. The first kappa shape index (κ1) is 35.7. The zero-order valence-corrected chi connectivity index (χ0v) is 27.7. The Morgan fingerprint density at radius 1 is 0.756 bits per heavy atom. The number of nitrogens with zero attached hydrogens (tertiary/aromatic N) is 4. The quantitative estimate of drug-likeness (QED) is 0.332. The van der Waals surface area contributed by atoms with Gasteiger partial charge in [0, 0.05) is 51.8 Å². The molecule has 6 rings (SSSR count). The third-order valence-electron chi connectivity index (χ3n) is 8.46. The Morgan fingerprint density at radius 2 is 1.24 bits per heavy atom. The first-order valence-electron chi connectivity index (χ1n) is 16.3. The number of allylic oxidation sites excluding steroid dienone is 1. The molecule has 0 radical (unpaired) electrons. The fourth-order valence-electron chi connectivity index (χ4n) is 5.99. The van der Waals surface area contributed by atoms with Gasteiger partial charge in [-0.3, -0.25) is 9.80 Å². The first-order valence-corrected chi connectivity index (χ1v) is 16.3. The van der Waals surface area contributed by atoms with Gasteiger partial charge in [-0.15, -0.1) is 0 Å². The summed E-state index contributed by atoms with van der Waals surface area (Å²) in [4.78, 5) is 4.87. The zero-order chi connectivity index (χ0) is 32.4. The number of hydrogen-bond acceptors (Lipinski definition) is 6. The molecule has 3 N–H and O–H groups in total. The normalized spacial score (nSPS) is 15.0. The molecule has 3 aliphatic heterocycles. The maximum absolute atomic E-state index is 8.55. The molecule has 0 unspecified atom stereocenters. The smallest absolute Gasteiger partial charge is 0.0905 e. The topological polar surface area (TPSA) is 92.1 Å². The average molecular weight is 605 g/mol. The Labute approximate surface area is 272 Å². The van der Waals surface area contributed by atoms with E-state index in [1.807, 2.05) is 0 Å². The highest BCUT2D eigenvalue weighted by Gasteiger charge is 2.16. The summed E-state index contributed by atoms with van der Waals surface area (Å²) in [5, 5.41) is 19.4. The van der Waals surface area contributed by atoms with Crippen molar-refractivity contribution in [1.82, 2.24) is 15.1 Å². The largest absolute Gasteiger partial charge is 0.330 e. The molecule has 3 aliphatic rings. The number of nitriles is 2. The summed E-state index contributed by atoms with van der Waals surface area (Å²) in [6, 6.07) is 24.1. The van der Waals surface area contributed by atoms with Crippen LogP contribution in [0.25, 0.3) is 0 Å². The van der Waals surface area contributed by atoms with Crippen molar-refractivity contribution in [2.75, 3.05) is 39.3 Å². The lowest BCUT2D eigenvalue weighted by molar-refractivity contribution is 0.252. The maximum atomic E-state index is 8.55. The number of rotatable bonds is 5. The highest BCUT2D eigenvalue weighted by Crippen LogP contribution is 2.21. The van der Waals surface area contributed by atoms with Gasteiger partial charge in [-0.1, -0.05) is 77.9 Å². The van der Waals surface area contributed by atoms with Crippen LogP contribution >= 0.6 is 0 Å². The molecule has 0 spiro atoms. The fraction of sp³-hybridized carbons (Fsp3) is 0.436. The summed E-state index contributed by atoms with van der Waals surface area (Å²) in [5.41, 5.74) is 18.6. The van der Waals surface area contributed by atoms with E-state index in [0.717, 1.165) is 65.2 Å². The van der Waals surface area contributed by atoms with Crippen LogP contribution in [0, 0.1) is 43.4 Å². The van der Waals surface area contributed by atoms with Crippen LogP contribution in [0.3, 0.4) is 0 Å². The van der Waals surface area contributed by atoms with Gasteiger partial charge >= 0.3 is 0 Å². The molecule has 3 aromatic carbocycles. The molecule has 6 nitrogen and oxygen atoms in total. The SMILES string of the molecule is C=CC#N.Cc1ccc2c(c1)CCN(CCC#N)C2.Cc1ccc2c(c1)CCN(CCCN)C2.Cc1ccc2c(c1)CCNC2. The highest BCUT2D eigenvalue weighted by molar-refractivity contribution is 5.35. The molecular weight excluding hydrogens is 552 g/mol. The van der Waals surface area contributed by atoms with Crippen molar-refractivity contribution in [3.05, 3.63) is 117 Å². The number of fused-ring (bicyclic) bond motifs is 3. The first-order chi connectivity index (χ1) is 21.9. The minimum absolute atomic E-state index is 0.640. The lowest BCUT2D eigenvalue weighted by Crippen LogP contribution is -2.32. The van der Waals surface area contributed by atoms with Gasteiger partial charge in [-0.25, -0.2) is 0 Å². The highest BCUT2D eigenvalue weighted by atomic mass is 15.1. The molecule has 0 aliphatic carbocycles. The van der Waals surface area contributed by atoms with Crippen molar-refractivity contribution in [2.24, 2.45) is 5.73 Å². The van der Waals surface area contributed by atoms with Gasteiger partial charge < -0.3 is 11.1 Å². The summed E-state index contributed by atoms with van der Waals surface area (Å²) in [5.74, 6) is 0. The van der Waals surface area contributed by atoms with Gasteiger partial charge in [0.15, 0.2) is 0 Å². The minimum atomic E-state index is 0.640. The number of nitrogens with one attached hydrogen (secondary N) is 1. The van der Waals surface area contributed by atoms with Crippen LogP contribution in [0.2, 0.25) is 0 Å². The standard InChI is InChI=1S/C13H20N2.C13H16N2.C10H13N.C3H3N/c2*1-11-3-4-13-10-15(7-2-6-14)8-5-12(13)9-11;1-8-2-3-10-7-11-5-4-9(10)6-8;1-2-3-4/h3-4,9H,2,5-8,10,14H2,1H3;3-4,9H,2,5,7-8,10H2,1H3;2-3,6,11H,4-5,7H2,1H3;2H,1H2. The molecule has 0 aromatic heterocycles. The van der Waals surface area contributed by atoms with Crippen molar-refractivity contribution in [2.45, 2.75) is 72.5 Å². The van der Waals surface area contributed by atoms with Crippen LogP contribution in [-0.2, 0) is 38.9 Å². The number of aryl methyl sites for hydroxylation is 3. The van der Waals surface area contributed by atoms with Crippen LogP contribution in [0.15, 0.2) is 67.3 Å². The molecule has 45 heavy (non-hydrogen) atoms. The van der Waals surface area contributed by atoms with Crippen LogP contribution in [-0.4, -0.2) is 49.1 Å². The molecule has 0 amide bonds. The summed E-state index contributed by atoms with van der Waals surface area (Å²) in [7, 11) is 0. The molecule has 0 bridgehead atoms. The molecule has 0 atom stereocenters. The Hall–Kier alpha value is -3.78. The van der Waals surface area contributed by atoms with Crippen molar-refractivity contribution in [3.8, 4) is 12.1 Å². The summed E-state index contributed by atoms with van der Waals surface area (Å²) in [6.45, 7) is 19.0. The van der Waals surface area contributed by atoms with E-state index >= 15 is 0 Å². The van der Waals surface area contributed by atoms with Gasteiger partial charge in [-0.2, -0.15) is 10.5 Å². The number of hydrogen-bond donors (Lipinski definition) is 2. The molecule has 0 fully saturated rings. The maximum Gasteiger partial charge on any atom is 0.0905 e. The van der Waals surface area contributed by atoms with Gasteiger partial charge in [0.2, 0.25) is 0 Å². The van der Waals surface area contributed by atoms with Crippen molar-refractivity contribution in [1.29, 1.82) is 10.5 Å². The van der Waals surface area contributed by atoms with Crippen molar-refractivity contribution in [3.63, 3.8) is 0 Å². The summed E-state index contributed by atoms with van der Waals surface area (Å²) >= 11 is 0. The molecule has 6 heteroatoms. The molecule has 3 aromatic rings. The van der Waals surface area contributed by atoms with E-state index in [0.29, 0.717) is 6.42 Å². The molecule has 0 saturated heterocycles. The molecule has 3 heterocycles. The van der Waals surface area contributed by atoms with E-state index in [1.165, 1.54) is 70.0 Å². The van der Waals surface area contributed by atoms with E-state index in [4.69, 9.17) is 16.3 Å². The lowest BCUT2D eigenvalue weighted by Gasteiger charge is -2.28. The second kappa shape index (κ2) is 19.6. The zero-order valence-electron chi connectivity index (χ0n) is 27.7. The molecule has 0 saturated carbocycles. The van der Waals surface area contributed by atoms with E-state index in [1.54, 1.807) is 11.6 Å². The molecule has 238 valence electrons. The van der Waals surface area contributed by atoms with E-state index in [-0.39, 0.29) is 0 Å². The average Bonchev–Trinajstić information content (AvgIpc) is 3.07. The van der Waals surface area contributed by atoms with E-state index < -0.39 is 0 Å². The van der Waals surface area contributed by atoms with Gasteiger partial charge in [0.1, 0.15) is 0 Å². The number of nitrogens with two attached hydrogens (primary N) is 1. The summed E-state index contributed by atoms with van der Waals surface area (Å²) in [6.07, 6.45) is 6.45. The minimum Gasteiger partial charge on any atom is -0.330 e. The van der Waals surface area contributed by atoms with Crippen LogP contribution in [0.4, 0.5) is 0 Å². The second-order valence-corrected chi connectivity index (χ2v) is 12.2. The summed E-state index contributed by atoms with van der Waals surface area (Å²) < 4.78 is 0. The van der Waals surface area contributed by atoms with Crippen LogP contribution in [0.5, 0.6) is 0 Å². The number of benzene rings is 3. The Balaban J connectivity index is 0.000000175.